The average Bonchev–Trinajstić information content (AvgIpc) is 3.44. The fourth-order valence-electron chi connectivity index (χ4n) is 4.17. The summed E-state index contributed by atoms with van der Waals surface area (Å²) in [5.74, 6) is 1.12. The average molecular weight is 459 g/mol. The fraction of sp³-hybridized carbons (Fsp3) is 0.240. The molecule has 1 saturated carbocycles. The molecule has 3 nitrogen and oxygen atoms in total. The van der Waals surface area contributed by atoms with Crippen LogP contribution >= 0.6 is 11.6 Å². The molecule has 1 fully saturated rings. The van der Waals surface area contributed by atoms with Crippen LogP contribution in [-0.2, 0) is 22.8 Å². The molecule has 0 unspecified atom stereocenters. The van der Waals surface area contributed by atoms with Gasteiger partial charge in [-0.2, -0.15) is 13.2 Å². The molecule has 0 aromatic heterocycles. The minimum Gasteiger partial charge on any atom is -0.454 e. The van der Waals surface area contributed by atoms with Crippen molar-refractivity contribution in [2.45, 2.75) is 30.9 Å². The van der Waals surface area contributed by atoms with Crippen LogP contribution in [0.25, 0.3) is 11.1 Å². The van der Waals surface area contributed by atoms with Crippen LogP contribution in [0.5, 0.6) is 11.5 Å². The molecule has 3 aromatic rings. The molecule has 2 aliphatic rings. The van der Waals surface area contributed by atoms with E-state index in [-0.39, 0.29) is 19.0 Å². The van der Waals surface area contributed by atoms with Crippen LogP contribution in [-0.4, -0.2) is 12.6 Å². The molecule has 0 atom stereocenters. The Bertz CT molecular complexity index is 1200. The number of hydrogen-bond acceptors (Lipinski definition) is 3. The van der Waals surface area contributed by atoms with E-state index in [1.165, 1.54) is 0 Å². The Hall–Kier alpha value is -2.99. The number of benzene rings is 3. The first kappa shape index (κ1) is 20.9. The van der Waals surface area contributed by atoms with Gasteiger partial charge in [0.1, 0.15) is 5.78 Å². The fourth-order valence-corrected chi connectivity index (χ4v) is 4.30. The van der Waals surface area contributed by atoms with Crippen molar-refractivity contribution in [3.63, 3.8) is 0 Å². The number of rotatable bonds is 5. The number of Topliss-reactive ketones (excluding diaryl/α,β-unsaturated/α-hetero) is 1. The summed E-state index contributed by atoms with van der Waals surface area (Å²) >= 11 is 5.91. The van der Waals surface area contributed by atoms with Gasteiger partial charge in [0.05, 0.1) is 11.0 Å². The summed E-state index contributed by atoms with van der Waals surface area (Å²) < 4.78 is 51.5. The highest BCUT2D eigenvalue weighted by Crippen LogP contribution is 2.51. The van der Waals surface area contributed by atoms with Gasteiger partial charge in [0.25, 0.3) is 0 Å². The third-order valence-corrected chi connectivity index (χ3v) is 6.32. The number of alkyl halides is 3. The van der Waals surface area contributed by atoms with E-state index in [0.717, 1.165) is 17.7 Å². The van der Waals surface area contributed by atoms with E-state index in [1.807, 2.05) is 6.07 Å². The summed E-state index contributed by atoms with van der Waals surface area (Å²) in [7, 11) is 0. The van der Waals surface area contributed by atoms with Gasteiger partial charge in [-0.05, 0) is 71.5 Å². The van der Waals surface area contributed by atoms with Crippen molar-refractivity contribution < 1.29 is 27.4 Å². The first-order chi connectivity index (χ1) is 15.2. The highest BCUT2D eigenvalue weighted by molar-refractivity contribution is 6.30. The van der Waals surface area contributed by atoms with Gasteiger partial charge in [0.15, 0.2) is 11.5 Å². The number of carbonyl (C=O) groups is 1. The van der Waals surface area contributed by atoms with Crippen molar-refractivity contribution in [1.82, 2.24) is 0 Å². The van der Waals surface area contributed by atoms with E-state index in [0.29, 0.717) is 46.1 Å². The first-order valence-corrected chi connectivity index (χ1v) is 10.5. The van der Waals surface area contributed by atoms with Gasteiger partial charge in [-0.25, -0.2) is 0 Å². The van der Waals surface area contributed by atoms with Crippen LogP contribution in [0.15, 0.2) is 60.7 Å². The van der Waals surface area contributed by atoms with Gasteiger partial charge >= 0.3 is 6.18 Å². The number of fused-ring (bicyclic) bond motifs is 1. The van der Waals surface area contributed by atoms with Crippen LogP contribution in [0.2, 0.25) is 5.02 Å². The van der Waals surface area contributed by atoms with Crippen LogP contribution in [0.4, 0.5) is 13.2 Å². The molecule has 0 spiro atoms. The maximum atomic E-state index is 13.6. The molecule has 0 radical (unpaired) electrons. The summed E-state index contributed by atoms with van der Waals surface area (Å²) in [5, 5.41) is 0.496. The van der Waals surface area contributed by atoms with Gasteiger partial charge in [-0.1, -0.05) is 35.9 Å². The minimum absolute atomic E-state index is 0.0844. The zero-order valence-electron chi connectivity index (χ0n) is 16.8. The molecule has 3 aromatic carbocycles. The Labute approximate surface area is 187 Å². The molecule has 0 saturated heterocycles. The summed E-state index contributed by atoms with van der Waals surface area (Å²) in [5.41, 5.74) is 0.688. The Morgan fingerprint density at radius 3 is 2.31 bits per heavy atom. The smallest absolute Gasteiger partial charge is 0.416 e. The lowest BCUT2D eigenvalue weighted by Crippen LogP contribution is -2.22. The predicted octanol–water partition coefficient (Wildman–Crippen LogP) is 6.60. The van der Waals surface area contributed by atoms with Crippen LogP contribution in [0, 0.1) is 0 Å². The Balaban J connectivity index is 1.47. The van der Waals surface area contributed by atoms with Gasteiger partial charge < -0.3 is 9.47 Å². The molecule has 0 amide bonds. The molecular formula is C25H18ClF3O3. The van der Waals surface area contributed by atoms with Crippen LogP contribution in [0.1, 0.15) is 29.5 Å². The summed E-state index contributed by atoms with van der Waals surface area (Å²) in [6.45, 7) is 0.136. The van der Waals surface area contributed by atoms with Gasteiger partial charge in [0.2, 0.25) is 6.79 Å². The van der Waals surface area contributed by atoms with Crippen molar-refractivity contribution in [3.8, 4) is 22.6 Å². The lowest BCUT2D eigenvalue weighted by Gasteiger charge is -2.17. The Morgan fingerprint density at radius 1 is 0.906 bits per heavy atom. The maximum absolute atomic E-state index is 13.6. The number of hydrogen-bond donors (Lipinski definition) is 0. The molecule has 1 heterocycles. The molecule has 1 aliphatic carbocycles. The summed E-state index contributed by atoms with van der Waals surface area (Å²) in [6, 6.07) is 15.8. The zero-order chi connectivity index (χ0) is 22.5. The maximum Gasteiger partial charge on any atom is 0.416 e. The third-order valence-electron chi connectivity index (χ3n) is 6.07. The quantitative estimate of drug-likeness (QED) is 0.432. The van der Waals surface area contributed by atoms with E-state index in [4.69, 9.17) is 21.1 Å². The number of carbonyl (C=O) groups excluding carboxylic acids is 1. The van der Waals surface area contributed by atoms with E-state index >= 15 is 0 Å². The molecule has 164 valence electrons. The van der Waals surface area contributed by atoms with Crippen molar-refractivity contribution in [2.75, 3.05) is 6.79 Å². The SMILES string of the molecule is O=C(Cc1cc(-c2ccc(Cl)cc2)cc(C(F)(F)F)c1)C1(c2ccc3c(c2)OCO3)CC1. The van der Waals surface area contributed by atoms with Gasteiger partial charge in [-0.3, -0.25) is 4.79 Å². The van der Waals surface area contributed by atoms with E-state index < -0.39 is 17.2 Å². The minimum atomic E-state index is -4.52. The van der Waals surface area contributed by atoms with Crippen molar-refractivity contribution >= 4 is 17.4 Å². The summed E-state index contributed by atoms with van der Waals surface area (Å²) in [6.07, 6.45) is -3.28. The molecule has 5 rings (SSSR count). The number of ether oxygens (including phenoxy) is 2. The first-order valence-electron chi connectivity index (χ1n) is 10.2. The largest absolute Gasteiger partial charge is 0.454 e. The lowest BCUT2D eigenvalue weighted by atomic mass is 9.87. The number of halogens is 4. The van der Waals surface area contributed by atoms with Gasteiger partial charge in [-0.15, -0.1) is 0 Å². The van der Waals surface area contributed by atoms with E-state index in [1.54, 1.807) is 42.5 Å². The topological polar surface area (TPSA) is 35.5 Å². The second-order valence-electron chi connectivity index (χ2n) is 8.17. The van der Waals surface area contributed by atoms with Crippen LogP contribution < -0.4 is 9.47 Å². The second kappa shape index (κ2) is 7.55. The molecule has 0 bridgehead atoms. The van der Waals surface area contributed by atoms with Gasteiger partial charge in [0, 0.05) is 11.4 Å². The summed E-state index contributed by atoms with van der Waals surface area (Å²) in [4.78, 5) is 13.3. The number of ketones is 1. The van der Waals surface area contributed by atoms with Crippen molar-refractivity contribution in [2.24, 2.45) is 0 Å². The third kappa shape index (κ3) is 3.84. The lowest BCUT2D eigenvalue weighted by molar-refractivity contribution is -0.137. The molecule has 1 aliphatic heterocycles. The van der Waals surface area contributed by atoms with E-state index in [2.05, 4.69) is 0 Å². The van der Waals surface area contributed by atoms with Crippen LogP contribution in [0.3, 0.4) is 0 Å². The Morgan fingerprint density at radius 2 is 1.62 bits per heavy atom. The zero-order valence-corrected chi connectivity index (χ0v) is 17.6. The predicted molar refractivity (Wildman–Crippen MR) is 114 cm³/mol. The highest BCUT2D eigenvalue weighted by atomic mass is 35.5. The second-order valence-corrected chi connectivity index (χ2v) is 8.61. The monoisotopic (exact) mass is 458 g/mol. The molecule has 7 heteroatoms. The highest BCUT2D eigenvalue weighted by Gasteiger charge is 2.51. The van der Waals surface area contributed by atoms with Crippen molar-refractivity contribution in [1.29, 1.82) is 0 Å². The molecule has 0 N–H and O–H groups in total. The standard InChI is InChI=1S/C25H18ClF3O3/c26-20-4-1-16(2-5-20)17-9-15(10-19(12-17)25(27,28)29)11-23(30)24(7-8-24)18-3-6-21-22(13-18)32-14-31-21/h1-6,9-10,12-13H,7-8,11,14H2. The normalized spacial score (nSPS) is 16.1. The van der Waals surface area contributed by atoms with Crippen molar-refractivity contribution in [3.05, 3.63) is 82.4 Å². The molecular weight excluding hydrogens is 441 g/mol. The Kier molecular flexibility index (Phi) is 4.93. The molecule has 32 heavy (non-hydrogen) atoms. The van der Waals surface area contributed by atoms with E-state index in [9.17, 15) is 18.0 Å².